The molecule has 5 heteroatoms. The number of alkyl halides is 2. The molecule has 0 spiro atoms. The lowest BCUT2D eigenvalue weighted by molar-refractivity contribution is 0.116. The Balaban J connectivity index is 2.76. The third-order valence-electron chi connectivity index (χ3n) is 1.24. The molecular formula is C6H6ClF2NS. The van der Waals surface area contributed by atoms with Crippen LogP contribution >= 0.6 is 22.9 Å². The summed E-state index contributed by atoms with van der Waals surface area (Å²) in [6.45, 7) is 0. The topological polar surface area (TPSA) is 26.0 Å². The molecule has 0 aliphatic rings. The van der Waals surface area contributed by atoms with Crippen molar-refractivity contribution < 1.29 is 8.78 Å². The lowest BCUT2D eigenvalue weighted by Crippen LogP contribution is -2.17. The maximum atomic E-state index is 12.0. The first kappa shape index (κ1) is 8.90. The molecule has 0 amide bonds. The second-order valence-electron chi connectivity index (χ2n) is 2.04. The molecule has 1 aromatic heterocycles. The molecule has 2 N–H and O–H groups in total. The molecule has 1 nitrogen and oxygen atoms in total. The molecule has 1 rings (SSSR count). The molecule has 1 aromatic rings. The van der Waals surface area contributed by atoms with E-state index >= 15 is 0 Å². The molecule has 1 heterocycles. The molecule has 62 valence electrons. The van der Waals surface area contributed by atoms with Gasteiger partial charge in [-0.05, 0) is 17.0 Å². The monoisotopic (exact) mass is 197 g/mol. The maximum absolute atomic E-state index is 12.0. The average molecular weight is 198 g/mol. The van der Waals surface area contributed by atoms with Crippen LogP contribution in [0.25, 0.3) is 0 Å². The Labute approximate surface area is 71.8 Å². The molecule has 0 saturated carbocycles. The van der Waals surface area contributed by atoms with Gasteiger partial charge in [-0.1, -0.05) is 11.6 Å². The van der Waals surface area contributed by atoms with Crippen LogP contribution in [0.4, 0.5) is 8.78 Å². The molecule has 0 aliphatic heterocycles. The third kappa shape index (κ3) is 2.12. The first-order valence-corrected chi connectivity index (χ1v) is 4.14. The van der Waals surface area contributed by atoms with Gasteiger partial charge in [0.1, 0.15) is 0 Å². The van der Waals surface area contributed by atoms with E-state index in [-0.39, 0.29) is 0 Å². The molecule has 0 aromatic carbocycles. The Kier molecular flexibility index (Phi) is 2.81. The number of halogens is 3. The summed E-state index contributed by atoms with van der Waals surface area (Å²) in [5, 5.41) is 1.54. The van der Waals surface area contributed by atoms with Gasteiger partial charge < -0.3 is 5.73 Å². The number of nitrogens with two attached hydrogens (primary N) is 1. The van der Waals surface area contributed by atoms with Crippen LogP contribution in [0.3, 0.4) is 0 Å². The summed E-state index contributed by atoms with van der Waals surface area (Å²) in [5.41, 5.74) is 5.55. The largest absolute Gasteiger partial charge is 0.319 e. The zero-order valence-corrected chi connectivity index (χ0v) is 7.00. The molecule has 0 radical (unpaired) electrons. The van der Waals surface area contributed by atoms with Crippen molar-refractivity contribution in [1.29, 1.82) is 0 Å². The Morgan fingerprint density at radius 1 is 1.55 bits per heavy atom. The Morgan fingerprint density at radius 3 is 2.55 bits per heavy atom. The van der Waals surface area contributed by atoms with Gasteiger partial charge in [-0.25, -0.2) is 8.78 Å². The molecule has 1 atom stereocenters. The van der Waals surface area contributed by atoms with E-state index in [1.54, 1.807) is 5.38 Å². The van der Waals surface area contributed by atoms with Gasteiger partial charge in [-0.3, -0.25) is 0 Å². The highest BCUT2D eigenvalue weighted by molar-refractivity contribution is 7.14. The zero-order valence-electron chi connectivity index (χ0n) is 5.43. The standard InChI is InChI=1S/C6H6ClF2NS/c7-4-1-3(2-11-4)5(10)6(8)9/h1-2,5-6H,10H2. The molecule has 0 saturated heterocycles. The second-order valence-corrected chi connectivity index (χ2v) is 3.59. The van der Waals surface area contributed by atoms with Crippen LogP contribution < -0.4 is 5.73 Å². The number of hydrogen-bond acceptors (Lipinski definition) is 2. The van der Waals surface area contributed by atoms with E-state index < -0.39 is 12.5 Å². The summed E-state index contributed by atoms with van der Waals surface area (Å²) in [4.78, 5) is 0. The van der Waals surface area contributed by atoms with Crippen molar-refractivity contribution in [2.24, 2.45) is 5.73 Å². The average Bonchev–Trinajstić information content (AvgIpc) is 2.34. The lowest BCUT2D eigenvalue weighted by atomic mass is 10.2. The fourth-order valence-electron chi connectivity index (χ4n) is 0.644. The van der Waals surface area contributed by atoms with Gasteiger partial charge in [0, 0.05) is 0 Å². The smallest absolute Gasteiger partial charge is 0.257 e. The van der Waals surface area contributed by atoms with E-state index in [9.17, 15) is 8.78 Å². The zero-order chi connectivity index (χ0) is 8.43. The fourth-order valence-corrected chi connectivity index (χ4v) is 1.58. The summed E-state index contributed by atoms with van der Waals surface area (Å²) < 4.78 is 24.4. The van der Waals surface area contributed by atoms with E-state index in [1.807, 2.05) is 0 Å². The van der Waals surface area contributed by atoms with Crippen molar-refractivity contribution >= 4 is 22.9 Å². The van der Waals surface area contributed by atoms with E-state index in [4.69, 9.17) is 17.3 Å². The number of thiophene rings is 1. The van der Waals surface area contributed by atoms with Gasteiger partial charge in [-0.15, -0.1) is 11.3 Å². The van der Waals surface area contributed by atoms with Gasteiger partial charge in [0.2, 0.25) is 0 Å². The molecule has 11 heavy (non-hydrogen) atoms. The number of rotatable bonds is 2. The summed E-state index contributed by atoms with van der Waals surface area (Å²) in [6.07, 6.45) is -2.53. The van der Waals surface area contributed by atoms with Crippen molar-refractivity contribution in [2.75, 3.05) is 0 Å². The number of hydrogen-bond donors (Lipinski definition) is 1. The van der Waals surface area contributed by atoms with Crippen LogP contribution in [0.15, 0.2) is 11.4 Å². The van der Waals surface area contributed by atoms with Gasteiger partial charge in [0.05, 0.1) is 10.4 Å². The van der Waals surface area contributed by atoms with Crippen molar-refractivity contribution in [3.05, 3.63) is 21.3 Å². The second kappa shape index (κ2) is 3.47. The van der Waals surface area contributed by atoms with Gasteiger partial charge >= 0.3 is 0 Å². The van der Waals surface area contributed by atoms with Crippen molar-refractivity contribution in [1.82, 2.24) is 0 Å². The van der Waals surface area contributed by atoms with Crippen LogP contribution in [0.1, 0.15) is 11.6 Å². The minimum atomic E-state index is -2.53. The van der Waals surface area contributed by atoms with Crippen LogP contribution in [0.5, 0.6) is 0 Å². The van der Waals surface area contributed by atoms with Crippen LogP contribution in [-0.2, 0) is 0 Å². The molecule has 0 bridgehead atoms. The summed E-state index contributed by atoms with van der Waals surface area (Å²) in [6, 6.07) is 0.252. The van der Waals surface area contributed by atoms with E-state index in [1.165, 1.54) is 17.4 Å². The third-order valence-corrected chi connectivity index (χ3v) is 2.35. The van der Waals surface area contributed by atoms with Crippen LogP contribution in [0, 0.1) is 0 Å². The Bertz CT molecular complexity index is 238. The molecular weight excluding hydrogens is 192 g/mol. The minimum Gasteiger partial charge on any atom is -0.319 e. The van der Waals surface area contributed by atoms with E-state index in [0.717, 1.165) is 0 Å². The highest BCUT2D eigenvalue weighted by atomic mass is 35.5. The molecule has 0 fully saturated rings. The van der Waals surface area contributed by atoms with Gasteiger partial charge in [-0.2, -0.15) is 0 Å². The van der Waals surface area contributed by atoms with Crippen molar-refractivity contribution in [3.8, 4) is 0 Å². The Morgan fingerprint density at radius 2 is 2.18 bits per heavy atom. The van der Waals surface area contributed by atoms with Crippen LogP contribution in [-0.4, -0.2) is 6.43 Å². The predicted molar refractivity (Wildman–Crippen MR) is 42.3 cm³/mol. The quantitative estimate of drug-likeness (QED) is 0.775. The van der Waals surface area contributed by atoms with Gasteiger partial charge in [0.15, 0.2) is 0 Å². The van der Waals surface area contributed by atoms with E-state index in [2.05, 4.69) is 0 Å². The highest BCUT2D eigenvalue weighted by Crippen LogP contribution is 2.26. The normalized spacial score (nSPS) is 13.9. The minimum absolute atomic E-state index is 0.398. The maximum Gasteiger partial charge on any atom is 0.257 e. The first-order valence-electron chi connectivity index (χ1n) is 2.89. The van der Waals surface area contributed by atoms with Gasteiger partial charge in [0.25, 0.3) is 6.43 Å². The molecule has 0 aliphatic carbocycles. The fraction of sp³-hybridized carbons (Fsp3) is 0.333. The molecule has 1 unspecified atom stereocenters. The Hall–Kier alpha value is -0.190. The van der Waals surface area contributed by atoms with Crippen molar-refractivity contribution in [3.63, 3.8) is 0 Å². The predicted octanol–water partition coefficient (Wildman–Crippen LogP) is 2.67. The van der Waals surface area contributed by atoms with Crippen LogP contribution in [0.2, 0.25) is 4.34 Å². The summed E-state index contributed by atoms with van der Waals surface area (Å²) in [5.74, 6) is 0. The summed E-state index contributed by atoms with van der Waals surface area (Å²) in [7, 11) is 0. The van der Waals surface area contributed by atoms with Crippen molar-refractivity contribution in [2.45, 2.75) is 12.5 Å². The highest BCUT2D eigenvalue weighted by Gasteiger charge is 2.18. The lowest BCUT2D eigenvalue weighted by Gasteiger charge is -2.06. The summed E-state index contributed by atoms with van der Waals surface area (Å²) >= 11 is 6.73. The van der Waals surface area contributed by atoms with E-state index in [0.29, 0.717) is 9.90 Å². The first-order chi connectivity index (χ1) is 5.11. The SMILES string of the molecule is NC(c1csc(Cl)c1)C(F)F.